The third kappa shape index (κ3) is 5.97. The van der Waals surface area contributed by atoms with Gasteiger partial charge in [0, 0.05) is 19.0 Å². The third-order valence-corrected chi connectivity index (χ3v) is 3.96. The van der Waals surface area contributed by atoms with E-state index in [2.05, 4.69) is 10.6 Å². The molecular formula is C20H26N2O4. The number of ether oxygens (including phenoxy) is 3. The van der Waals surface area contributed by atoms with E-state index in [1.54, 1.807) is 39.5 Å². The Labute approximate surface area is 154 Å². The first-order chi connectivity index (χ1) is 12.7. The Kier molecular flexibility index (Phi) is 7.76. The molecular weight excluding hydrogens is 332 g/mol. The van der Waals surface area contributed by atoms with Crippen LogP contribution in [0, 0.1) is 0 Å². The number of benzene rings is 2. The number of carbonyl (C=O) groups excluding carboxylic acids is 1. The smallest absolute Gasteiger partial charge is 0.225 e. The SMILES string of the molecule is COc1ccc(CCNCCC(=O)Nc2ccc(OC)cc2OC)cc1. The molecule has 2 aromatic carbocycles. The monoisotopic (exact) mass is 358 g/mol. The molecule has 0 saturated carbocycles. The number of methoxy groups -OCH3 is 3. The van der Waals surface area contributed by atoms with E-state index < -0.39 is 0 Å². The second kappa shape index (κ2) is 10.3. The zero-order valence-electron chi connectivity index (χ0n) is 15.5. The summed E-state index contributed by atoms with van der Waals surface area (Å²) in [6, 6.07) is 13.3. The molecule has 0 saturated heterocycles. The largest absolute Gasteiger partial charge is 0.497 e. The Balaban J connectivity index is 1.70. The summed E-state index contributed by atoms with van der Waals surface area (Å²) in [5.41, 5.74) is 1.86. The molecule has 6 heteroatoms. The Hall–Kier alpha value is -2.73. The van der Waals surface area contributed by atoms with Crippen LogP contribution in [0.1, 0.15) is 12.0 Å². The Morgan fingerprint density at radius 3 is 2.23 bits per heavy atom. The molecule has 0 fully saturated rings. The normalized spacial score (nSPS) is 10.3. The molecule has 0 aliphatic heterocycles. The summed E-state index contributed by atoms with van der Waals surface area (Å²) in [5.74, 6) is 2.04. The maximum Gasteiger partial charge on any atom is 0.225 e. The minimum atomic E-state index is -0.0644. The predicted molar refractivity (Wildman–Crippen MR) is 102 cm³/mol. The minimum absolute atomic E-state index is 0.0644. The first kappa shape index (κ1) is 19.6. The molecule has 0 aliphatic rings. The van der Waals surface area contributed by atoms with E-state index in [4.69, 9.17) is 14.2 Å². The molecule has 0 atom stereocenters. The van der Waals surface area contributed by atoms with Crippen LogP contribution in [-0.4, -0.2) is 40.3 Å². The predicted octanol–water partition coefficient (Wildman–Crippen LogP) is 2.87. The fraction of sp³-hybridized carbons (Fsp3) is 0.350. The lowest BCUT2D eigenvalue weighted by Gasteiger charge is -2.12. The van der Waals surface area contributed by atoms with Gasteiger partial charge < -0.3 is 24.8 Å². The quantitative estimate of drug-likeness (QED) is 0.639. The fourth-order valence-corrected chi connectivity index (χ4v) is 2.47. The van der Waals surface area contributed by atoms with E-state index in [0.29, 0.717) is 30.2 Å². The fourth-order valence-electron chi connectivity index (χ4n) is 2.47. The van der Waals surface area contributed by atoms with Crippen LogP contribution in [-0.2, 0) is 11.2 Å². The van der Waals surface area contributed by atoms with E-state index in [1.165, 1.54) is 5.56 Å². The van der Waals surface area contributed by atoms with E-state index >= 15 is 0 Å². The van der Waals surface area contributed by atoms with Gasteiger partial charge in [-0.25, -0.2) is 0 Å². The number of anilines is 1. The van der Waals surface area contributed by atoms with Crippen LogP contribution >= 0.6 is 0 Å². The van der Waals surface area contributed by atoms with Gasteiger partial charge in [-0.15, -0.1) is 0 Å². The van der Waals surface area contributed by atoms with E-state index in [1.807, 2.05) is 24.3 Å². The maximum absolute atomic E-state index is 12.1. The summed E-state index contributed by atoms with van der Waals surface area (Å²) in [5, 5.41) is 6.14. The van der Waals surface area contributed by atoms with Crippen molar-refractivity contribution in [3.63, 3.8) is 0 Å². The summed E-state index contributed by atoms with van der Waals surface area (Å²) in [4.78, 5) is 12.1. The van der Waals surface area contributed by atoms with Crippen molar-refractivity contribution in [1.82, 2.24) is 5.32 Å². The molecule has 26 heavy (non-hydrogen) atoms. The summed E-state index contributed by atoms with van der Waals surface area (Å²) < 4.78 is 15.6. The topological polar surface area (TPSA) is 68.8 Å². The molecule has 0 spiro atoms. The van der Waals surface area contributed by atoms with E-state index in [9.17, 15) is 4.79 Å². The first-order valence-corrected chi connectivity index (χ1v) is 8.51. The van der Waals surface area contributed by atoms with Gasteiger partial charge in [0.1, 0.15) is 17.2 Å². The number of hydrogen-bond acceptors (Lipinski definition) is 5. The van der Waals surface area contributed by atoms with Crippen molar-refractivity contribution in [1.29, 1.82) is 0 Å². The number of rotatable bonds is 10. The van der Waals surface area contributed by atoms with Crippen molar-refractivity contribution in [2.45, 2.75) is 12.8 Å². The molecule has 140 valence electrons. The van der Waals surface area contributed by atoms with Crippen molar-refractivity contribution < 1.29 is 19.0 Å². The van der Waals surface area contributed by atoms with Crippen LogP contribution < -0.4 is 24.8 Å². The van der Waals surface area contributed by atoms with Crippen LogP contribution in [0.25, 0.3) is 0 Å². The molecule has 0 bridgehead atoms. The summed E-state index contributed by atoms with van der Waals surface area (Å²) in [6.07, 6.45) is 1.29. The highest BCUT2D eigenvalue weighted by Crippen LogP contribution is 2.28. The molecule has 0 aromatic heterocycles. The molecule has 0 unspecified atom stereocenters. The number of carbonyl (C=O) groups is 1. The Bertz CT molecular complexity index is 701. The zero-order chi connectivity index (χ0) is 18.8. The van der Waals surface area contributed by atoms with Gasteiger partial charge >= 0.3 is 0 Å². The van der Waals surface area contributed by atoms with Gasteiger partial charge in [0.25, 0.3) is 0 Å². The lowest BCUT2D eigenvalue weighted by Crippen LogP contribution is -2.23. The maximum atomic E-state index is 12.1. The average Bonchev–Trinajstić information content (AvgIpc) is 2.68. The third-order valence-electron chi connectivity index (χ3n) is 3.96. The number of hydrogen-bond donors (Lipinski definition) is 2. The minimum Gasteiger partial charge on any atom is -0.497 e. The van der Waals surface area contributed by atoms with E-state index in [-0.39, 0.29) is 5.91 Å². The lowest BCUT2D eigenvalue weighted by atomic mass is 10.1. The van der Waals surface area contributed by atoms with Gasteiger partial charge in [0.05, 0.1) is 27.0 Å². The van der Waals surface area contributed by atoms with Crippen molar-refractivity contribution in [3.8, 4) is 17.2 Å². The molecule has 1 amide bonds. The lowest BCUT2D eigenvalue weighted by molar-refractivity contribution is -0.116. The summed E-state index contributed by atoms with van der Waals surface area (Å²) >= 11 is 0. The molecule has 2 rings (SSSR count). The molecule has 0 heterocycles. The number of amides is 1. The van der Waals surface area contributed by atoms with Crippen molar-refractivity contribution in [2.24, 2.45) is 0 Å². The van der Waals surface area contributed by atoms with Gasteiger partial charge in [0.2, 0.25) is 5.91 Å². The van der Waals surface area contributed by atoms with E-state index in [0.717, 1.165) is 18.7 Å². The molecule has 0 aliphatic carbocycles. The summed E-state index contributed by atoms with van der Waals surface area (Å²) in [7, 11) is 4.80. The molecule has 0 radical (unpaired) electrons. The van der Waals surface area contributed by atoms with Gasteiger partial charge in [-0.05, 0) is 42.8 Å². The van der Waals surface area contributed by atoms with Gasteiger partial charge in [-0.1, -0.05) is 12.1 Å². The van der Waals surface area contributed by atoms with Crippen molar-refractivity contribution >= 4 is 11.6 Å². The molecule has 2 N–H and O–H groups in total. The highest BCUT2D eigenvalue weighted by atomic mass is 16.5. The van der Waals surface area contributed by atoms with Gasteiger partial charge in [-0.3, -0.25) is 4.79 Å². The Morgan fingerprint density at radius 1 is 0.885 bits per heavy atom. The van der Waals surface area contributed by atoms with Crippen LogP contribution in [0.2, 0.25) is 0 Å². The van der Waals surface area contributed by atoms with Crippen LogP contribution in [0.3, 0.4) is 0 Å². The summed E-state index contributed by atoms with van der Waals surface area (Å²) in [6.45, 7) is 1.42. The van der Waals surface area contributed by atoms with Crippen LogP contribution in [0.5, 0.6) is 17.2 Å². The number of nitrogens with one attached hydrogen (secondary N) is 2. The van der Waals surface area contributed by atoms with Crippen molar-refractivity contribution in [2.75, 3.05) is 39.7 Å². The zero-order valence-corrected chi connectivity index (χ0v) is 15.5. The van der Waals surface area contributed by atoms with Crippen LogP contribution in [0.15, 0.2) is 42.5 Å². The van der Waals surface area contributed by atoms with Crippen molar-refractivity contribution in [3.05, 3.63) is 48.0 Å². The second-order valence-corrected chi connectivity index (χ2v) is 5.71. The van der Waals surface area contributed by atoms with Gasteiger partial charge in [-0.2, -0.15) is 0 Å². The average molecular weight is 358 g/mol. The Morgan fingerprint density at radius 2 is 1.58 bits per heavy atom. The van der Waals surface area contributed by atoms with Crippen LogP contribution in [0.4, 0.5) is 5.69 Å². The highest BCUT2D eigenvalue weighted by molar-refractivity contribution is 5.92. The second-order valence-electron chi connectivity index (χ2n) is 5.71. The first-order valence-electron chi connectivity index (χ1n) is 8.51. The standard InChI is InChI=1S/C20H26N2O4/c1-24-16-6-4-15(5-7-16)10-12-21-13-11-20(23)22-18-9-8-17(25-2)14-19(18)26-3/h4-9,14,21H,10-13H2,1-3H3,(H,22,23). The van der Waals surface area contributed by atoms with Gasteiger partial charge in [0.15, 0.2) is 0 Å². The molecule has 2 aromatic rings. The molecule has 6 nitrogen and oxygen atoms in total. The highest BCUT2D eigenvalue weighted by Gasteiger charge is 2.08.